The summed E-state index contributed by atoms with van der Waals surface area (Å²) in [5.41, 5.74) is 5.73. The molecule has 152 valence electrons. The van der Waals surface area contributed by atoms with Crippen LogP contribution in [0.25, 0.3) is 0 Å². The molecule has 3 N–H and O–H groups in total. The highest BCUT2D eigenvalue weighted by Gasteiger charge is 2.31. The zero-order valence-electron chi connectivity index (χ0n) is 16.8. The second-order valence-corrected chi connectivity index (χ2v) is 9.03. The molecule has 2 saturated carbocycles. The molecule has 0 aliphatic heterocycles. The van der Waals surface area contributed by atoms with Crippen LogP contribution in [0.4, 0.5) is 0 Å². The molecule has 2 fully saturated rings. The van der Waals surface area contributed by atoms with Crippen LogP contribution in [0.3, 0.4) is 0 Å². The lowest BCUT2D eigenvalue weighted by molar-refractivity contribution is -0.136. The summed E-state index contributed by atoms with van der Waals surface area (Å²) in [6.07, 6.45) is 9.25. The fourth-order valence-electron chi connectivity index (χ4n) is 4.34. The van der Waals surface area contributed by atoms with E-state index in [0.717, 1.165) is 25.7 Å². The van der Waals surface area contributed by atoms with E-state index >= 15 is 0 Å². The molecular weight excluding hydrogens is 350 g/mol. The Balaban J connectivity index is 0.00000338. The molecule has 0 aromatic rings. The molecule has 0 aromatic heterocycles. The van der Waals surface area contributed by atoms with Gasteiger partial charge in [0.2, 0.25) is 11.8 Å². The Labute approximate surface area is 165 Å². The summed E-state index contributed by atoms with van der Waals surface area (Å²) >= 11 is 0. The van der Waals surface area contributed by atoms with Crippen molar-refractivity contribution in [2.75, 3.05) is 20.1 Å². The van der Waals surface area contributed by atoms with E-state index < -0.39 is 0 Å². The molecule has 26 heavy (non-hydrogen) atoms. The Morgan fingerprint density at radius 2 is 1.65 bits per heavy atom. The van der Waals surface area contributed by atoms with E-state index in [1.54, 1.807) is 0 Å². The fraction of sp³-hybridized carbons (Fsp3) is 0.900. The number of amides is 2. The smallest absolute Gasteiger partial charge is 0.225 e. The fourth-order valence-corrected chi connectivity index (χ4v) is 4.34. The number of nitrogens with two attached hydrogens (primary N) is 1. The number of rotatable bonds is 7. The lowest BCUT2D eigenvalue weighted by Crippen LogP contribution is -2.44. The van der Waals surface area contributed by atoms with Crippen molar-refractivity contribution in [3.63, 3.8) is 0 Å². The molecule has 0 saturated heterocycles. The molecule has 0 atom stereocenters. The molecule has 2 aliphatic rings. The molecule has 0 aromatic carbocycles. The van der Waals surface area contributed by atoms with Crippen LogP contribution in [0, 0.1) is 17.3 Å². The van der Waals surface area contributed by atoms with E-state index in [4.69, 9.17) is 5.73 Å². The second kappa shape index (κ2) is 10.5. The second-order valence-electron chi connectivity index (χ2n) is 9.03. The van der Waals surface area contributed by atoms with Crippen molar-refractivity contribution in [1.29, 1.82) is 0 Å². The quantitative estimate of drug-likeness (QED) is 0.704. The molecule has 0 unspecified atom stereocenters. The summed E-state index contributed by atoms with van der Waals surface area (Å²) < 4.78 is 0. The summed E-state index contributed by atoms with van der Waals surface area (Å²) in [5.74, 6) is 1.14. The topological polar surface area (TPSA) is 75.4 Å². The van der Waals surface area contributed by atoms with Gasteiger partial charge in [-0.3, -0.25) is 9.59 Å². The third-order valence-electron chi connectivity index (χ3n) is 5.98. The first-order valence-corrected chi connectivity index (χ1v) is 10.0. The van der Waals surface area contributed by atoms with E-state index in [2.05, 4.69) is 19.2 Å². The van der Waals surface area contributed by atoms with E-state index in [1.807, 2.05) is 11.9 Å². The van der Waals surface area contributed by atoms with Gasteiger partial charge in [-0.15, -0.1) is 12.4 Å². The molecule has 2 rings (SSSR count). The van der Waals surface area contributed by atoms with Gasteiger partial charge in [0.1, 0.15) is 0 Å². The number of carbonyl (C=O) groups is 2. The largest absolute Gasteiger partial charge is 0.353 e. The van der Waals surface area contributed by atoms with Crippen LogP contribution in [-0.4, -0.2) is 42.9 Å². The third-order valence-corrected chi connectivity index (χ3v) is 5.98. The average molecular weight is 388 g/mol. The van der Waals surface area contributed by atoms with Crippen LogP contribution >= 0.6 is 12.4 Å². The summed E-state index contributed by atoms with van der Waals surface area (Å²) in [4.78, 5) is 26.7. The number of hydrogen-bond acceptors (Lipinski definition) is 3. The lowest BCUT2D eigenvalue weighted by Gasteiger charge is -2.34. The standard InChI is InChI=1S/C20H37N3O2.ClH/c1-20(2,13-21)14-23(3)19(25)16-8-10-17(11-9-16)22-18(24)12-15-6-4-5-7-15;/h15-17H,4-14,21H2,1-3H3,(H,22,24);1H. The summed E-state index contributed by atoms with van der Waals surface area (Å²) in [6.45, 7) is 5.45. The van der Waals surface area contributed by atoms with Gasteiger partial charge in [-0.25, -0.2) is 0 Å². The number of carbonyl (C=O) groups excluding carboxylic acids is 2. The van der Waals surface area contributed by atoms with Gasteiger partial charge in [0, 0.05) is 32.0 Å². The van der Waals surface area contributed by atoms with E-state index in [0.29, 0.717) is 25.4 Å². The molecule has 0 bridgehead atoms. The minimum absolute atomic E-state index is 0. The van der Waals surface area contributed by atoms with Crippen molar-refractivity contribution in [1.82, 2.24) is 10.2 Å². The predicted octanol–water partition coefficient (Wildman–Crippen LogP) is 3.11. The first-order valence-electron chi connectivity index (χ1n) is 10.0. The monoisotopic (exact) mass is 387 g/mol. The number of hydrogen-bond donors (Lipinski definition) is 2. The van der Waals surface area contributed by atoms with Crippen LogP contribution in [0.5, 0.6) is 0 Å². The highest BCUT2D eigenvalue weighted by molar-refractivity contribution is 5.85. The SMILES string of the molecule is CN(CC(C)(C)CN)C(=O)C1CCC(NC(=O)CC2CCCC2)CC1.Cl. The van der Waals surface area contributed by atoms with Crippen molar-refractivity contribution >= 4 is 24.2 Å². The Bertz CT molecular complexity index is 456. The molecule has 6 heteroatoms. The van der Waals surface area contributed by atoms with Crippen LogP contribution in [-0.2, 0) is 9.59 Å². The number of nitrogens with one attached hydrogen (secondary N) is 1. The molecular formula is C20H38ClN3O2. The highest BCUT2D eigenvalue weighted by Crippen LogP contribution is 2.29. The van der Waals surface area contributed by atoms with E-state index in [-0.39, 0.29) is 41.6 Å². The normalized spacial score (nSPS) is 24.0. The van der Waals surface area contributed by atoms with Crippen molar-refractivity contribution in [2.24, 2.45) is 23.0 Å². The third kappa shape index (κ3) is 7.07. The molecule has 0 radical (unpaired) electrons. The maximum Gasteiger partial charge on any atom is 0.225 e. The molecule has 5 nitrogen and oxygen atoms in total. The van der Waals surface area contributed by atoms with E-state index in [9.17, 15) is 9.59 Å². The summed E-state index contributed by atoms with van der Waals surface area (Å²) in [6, 6.07) is 0.253. The Morgan fingerprint density at radius 1 is 1.08 bits per heavy atom. The van der Waals surface area contributed by atoms with Gasteiger partial charge in [0.15, 0.2) is 0 Å². The highest BCUT2D eigenvalue weighted by atomic mass is 35.5. The molecule has 0 heterocycles. The van der Waals surface area contributed by atoms with Crippen LogP contribution in [0.2, 0.25) is 0 Å². The summed E-state index contributed by atoms with van der Waals surface area (Å²) in [7, 11) is 1.88. The van der Waals surface area contributed by atoms with Gasteiger partial charge >= 0.3 is 0 Å². The zero-order valence-corrected chi connectivity index (χ0v) is 17.6. The van der Waals surface area contributed by atoms with E-state index in [1.165, 1.54) is 25.7 Å². The Hall–Kier alpha value is -0.810. The van der Waals surface area contributed by atoms with Crippen molar-refractivity contribution in [2.45, 2.75) is 77.7 Å². The van der Waals surface area contributed by atoms with Crippen LogP contribution < -0.4 is 11.1 Å². The van der Waals surface area contributed by atoms with Crippen molar-refractivity contribution < 1.29 is 9.59 Å². The minimum atomic E-state index is -0.0458. The molecule has 2 aliphatic carbocycles. The van der Waals surface area contributed by atoms with Crippen molar-refractivity contribution in [3.8, 4) is 0 Å². The number of halogens is 1. The Kier molecular flexibility index (Phi) is 9.39. The predicted molar refractivity (Wildman–Crippen MR) is 108 cm³/mol. The average Bonchev–Trinajstić information content (AvgIpc) is 3.07. The maximum atomic E-state index is 12.6. The van der Waals surface area contributed by atoms with Gasteiger partial charge in [-0.05, 0) is 56.4 Å². The van der Waals surface area contributed by atoms with Gasteiger partial charge in [0.05, 0.1) is 0 Å². The number of nitrogens with zero attached hydrogens (tertiary/aromatic N) is 1. The molecule has 2 amide bonds. The van der Waals surface area contributed by atoms with Gasteiger partial charge in [0.25, 0.3) is 0 Å². The zero-order chi connectivity index (χ0) is 18.4. The lowest BCUT2D eigenvalue weighted by atomic mass is 9.84. The summed E-state index contributed by atoms with van der Waals surface area (Å²) in [5, 5.41) is 3.20. The first-order chi connectivity index (χ1) is 11.8. The Morgan fingerprint density at radius 3 is 2.19 bits per heavy atom. The maximum absolute atomic E-state index is 12.6. The van der Waals surface area contributed by atoms with Gasteiger partial charge < -0.3 is 16.0 Å². The van der Waals surface area contributed by atoms with Crippen molar-refractivity contribution in [3.05, 3.63) is 0 Å². The molecule has 0 spiro atoms. The van der Waals surface area contributed by atoms with Crippen LogP contribution in [0.15, 0.2) is 0 Å². The van der Waals surface area contributed by atoms with Crippen LogP contribution in [0.1, 0.15) is 71.6 Å². The van der Waals surface area contributed by atoms with Gasteiger partial charge in [-0.1, -0.05) is 26.7 Å². The van der Waals surface area contributed by atoms with Gasteiger partial charge in [-0.2, -0.15) is 0 Å². The first kappa shape index (κ1) is 23.2. The minimum Gasteiger partial charge on any atom is -0.353 e.